The molecule has 142 valence electrons. The Morgan fingerprint density at radius 2 is 1.68 bits per heavy atom. The number of amidine groups is 1. The molecule has 0 bridgehead atoms. The van der Waals surface area contributed by atoms with Gasteiger partial charge in [0.1, 0.15) is 16.6 Å². The molecule has 1 aliphatic heterocycles. The van der Waals surface area contributed by atoms with Crippen LogP contribution in [0.2, 0.25) is 0 Å². The molecule has 0 unspecified atom stereocenters. The number of benzene rings is 2. The van der Waals surface area contributed by atoms with E-state index >= 15 is 0 Å². The number of rotatable bonds is 3. The number of aliphatic hydroxyl groups is 1. The molecule has 2 aromatic carbocycles. The summed E-state index contributed by atoms with van der Waals surface area (Å²) in [7, 11) is 0. The van der Waals surface area contributed by atoms with Gasteiger partial charge in [-0.2, -0.15) is 0 Å². The Labute approximate surface area is 169 Å². The predicted octanol–water partition coefficient (Wildman–Crippen LogP) is 5.81. The van der Waals surface area contributed by atoms with Gasteiger partial charge in [-0.05, 0) is 39.3 Å². The van der Waals surface area contributed by atoms with Gasteiger partial charge >= 0.3 is 0 Å². The van der Waals surface area contributed by atoms with E-state index in [2.05, 4.69) is 44.2 Å². The maximum absolute atomic E-state index is 10.7. The fraction of sp³-hybridized carbons (Fsp3) is 0.217. The number of aromatic nitrogens is 1. The maximum Gasteiger partial charge on any atom is 0.139 e. The molecule has 28 heavy (non-hydrogen) atoms. The van der Waals surface area contributed by atoms with Crippen LogP contribution in [0.25, 0.3) is 16.8 Å². The topological polar surface area (TPSA) is 60.2 Å². The maximum atomic E-state index is 10.7. The van der Waals surface area contributed by atoms with E-state index in [-0.39, 0.29) is 5.76 Å². The number of aryl methyl sites for hydroxylation is 4. The summed E-state index contributed by atoms with van der Waals surface area (Å²) >= 11 is 1.53. The predicted molar refractivity (Wildman–Crippen MR) is 118 cm³/mol. The summed E-state index contributed by atoms with van der Waals surface area (Å²) in [5, 5.41) is 20.1. The molecule has 0 saturated carbocycles. The first-order chi connectivity index (χ1) is 13.3. The van der Waals surface area contributed by atoms with Gasteiger partial charge in [0.2, 0.25) is 0 Å². The van der Waals surface area contributed by atoms with Crippen LogP contribution in [0, 0.1) is 33.1 Å². The fourth-order valence-electron chi connectivity index (χ4n) is 3.60. The molecule has 2 heterocycles. The largest absolute Gasteiger partial charge is 0.510 e. The summed E-state index contributed by atoms with van der Waals surface area (Å²) in [6.07, 6.45) is 0. The Morgan fingerprint density at radius 1 is 1.00 bits per heavy atom. The zero-order valence-electron chi connectivity index (χ0n) is 16.5. The Bertz CT molecular complexity index is 1110. The molecular formula is C23H23N3OS. The van der Waals surface area contributed by atoms with Gasteiger partial charge in [0, 0.05) is 16.1 Å². The quantitative estimate of drug-likeness (QED) is 0.594. The van der Waals surface area contributed by atoms with Crippen LogP contribution in [0.15, 0.2) is 48.2 Å². The molecule has 3 aromatic rings. The highest BCUT2D eigenvalue weighted by Crippen LogP contribution is 2.37. The van der Waals surface area contributed by atoms with E-state index in [0.717, 1.165) is 27.4 Å². The summed E-state index contributed by atoms with van der Waals surface area (Å²) in [5.74, 6) is 0.503. The van der Waals surface area contributed by atoms with Gasteiger partial charge in [-0.15, -0.1) is 11.3 Å². The van der Waals surface area contributed by atoms with Crippen molar-refractivity contribution in [3.05, 3.63) is 74.8 Å². The first kappa shape index (κ1) is 18.4. The zero-order valence-corrected chi connectivity index (χ0v) is 17.3. The summed E-state index contributed by atoms with van der Waals surface area (Å²) in [6, 6.07) is 14.4. The van der Waals surface area contributed by atoms with E-state index in [9.17, 15) is 5.11 Å². The molecule has 1 aromatic heterocycles. The standard InChI is InChI=1S/C23H23N3OS/c1-13-5-8-17(9-6-13)21-16(4)28-23(25-21)20-19(27)12-26(22(20)24)18-10-7-14(2)11-15(18)3/h5-11,24,27H,12H2,1-4H3. The molecule has 4 rings (SSSR count). The van der Waals surface area contributed by atoms with Gasteiger partial charge in [0.05, 0.1) is 17.8 Å². The zero-order chi connectivity index (χ0) is 20.0. The van der Waals surface area contributed by atoms with Gasteiger partial charge in [0.15, 0.2) is 0 Å². The van der Waals surface area contributed by atoms with Crippen molar-refractivity contribution in [2.24, 2.45) is 0 Å². The van der Waals surface area contributed by atoms with Crippen LogP contribution in [0.3, 0.4) is 0 Å². The van der Waals surface area contributed by atoms with Crippen molar-refractivity contribution >= 4 is 28.4 Å². The number of aliphatic hydroxyl groups excluding tert-OH is 1. The highest BCUT2D eigenvalue weighted by Gasteiger charge is 2.32. The molecule has 0 spiro atoms. The van der Waals surface area contributed by atoms with Crippen LogP contribution in [-0.4, -0.2) is 22.5 Å². The lowest BCUT2D eigenvalue weighted by atomic mass is 10.1. The van der Waals surface area contributed by atoms with Crippen molar-refractivity contribution in [1.29, 1.82) is 5.41 Å². The first-order valence-electron chi connectivity index (χ1n) is 9.26. The van der Waals surface area contributed by atoms with Crippen LogP contribution in [0.1, 0.15) is 26.6 Å². The number of hydrogen-bond donors (Lipinski definition) is 2. The summed E-state index contributed by atoms with van der Waals surface area (Å²) < 4.78 is 0. The third kappa shape index (κ3) is 3.12. The van der Waals surface area contributed by atoms with Crippen molar-refractivity contribution in [3.8, 4) is 11.3 Å². The normalized spacial score (nSPS) is 14.3. The van der Waals surface area contributed by atoms with Crippen LogP contribution in [0.4, 0.5) is 5.69 Å². The molecule has 0 radical (unpaired) electrons. The lowest BCUT2D eigenvalue weighted by Gasteiger charge is -2.21. The average Bonchev–Trinajstić information content (AvgIpc) is 3.15. The number of hydrogen-bond acceptors (Lipinski definition) is 4. The third-order valence-corrected chi connectivity index (χ3v) is 6.07. The Morgan fingerprint density at radius 3 is 2.36 bits per heavy atom. The number of nitrogens with one attached hydrogen (secondary N) is 1. The minimum Gasteiger partial charge on any atom is -0.510 e. The van der Waals surface area contributed by atoms with Crippen LogP contribution >= 0.6 is 11.3 Å². The second-order valence-corrected chi connectivity index (χ2v) is 8.54. The lowest BCUT2D eigenvalue weighted by molar-refractivity contribution is 0.411. The highest BCUT2D eigenvalue weighted by molar-refractivity contribution is 7.13. The molecule has 0 atom stereocenters. The lowest BCUT2D eigenvalue weighted by Crippen LogP contribution is -2.26. The third-order valence-electron chi connectivity index (χ3n) is 5.08. The Balaban J connectivity index is 1.70. The van der Waals surface area contributed by atoms with Crippen molar-refractivity contribution in [1.82, 2.24) is 4.98 Å². The van der Waals surface area contributed by atoms with E-state index in [1.54, 1.807) is 0 Å². The number of anilines is 1. The van der Waals surface area contributed by atoms with Gasteiger partial charge in [-0.1, -0.05) is 47.5 Å². The Hall–Kier alpha value is -2.92. The average molecular weight is 390 g/mol. The summed E-state index contributed by atoms with van der Waals surface area (Å²) in [6.45, 7) is 8.49. The number of thiazole rings is 1. The van der Waals surface area contributed by atoms with E-state index in [1.165, 1.54) is 22.5 Å². The molecule has 0 fully saturated rings. The van der Waals surface area contributed by atoms with Crippen LogP contribution in [-0.2, 0) is 0 Å². The molecule has 5 heteroatoms. The highest BCUT2D eigenvalue weighted by atomic mass is 32.1. The van der Waals surface area contributed by atoms with E-state index in [0.29, 0.717) is 23.0 Å². The van der Waals surface area contributed by atoms with E-state index in [1.807, 2.05) is 30.9 Å². The van der Waals surface area contributed by atoms with E-state index < -0.39 is 0 Å². The van der Waals surface area contributed by atoms with Gasteiger partial charge in [-0.3, -0.25) is 5.41 Å². The number of nitrogens with zero attached hydrogens (tertiary/aromatic N) is 2. The minimum absolute atomic E-state index is 0.203. The van der Waals surface area contributed by atoms with Crippen molar-refractivity contribution in [3.63, 3.8) is 0 Å². The minimum atomic E-state index is 0.203. The van der Waals surface area contributed by atoms with Crippen molar-refractivity contribution in [2.45, 2.75) is 27.7 Å². The second-order valence-electron chi connectivity index (χ2n) is 7.34. The molecule has 2 N–H and O–H groups in total. The van der Waals surface area contributed by atoms with E-state index in [4.69, 9.17) is 10.4 Å². The summed E-state index contributed by atoms with van der Waals surface area (Å²) in [5.41, 5.74) is 6.94. The first-order valence-corrected chi connectivity index (χ1v) is 10.1. The molecule has 1 aliphatic rings. The molecule has 0 amide bonds. The molecule has 4 nitrogen and oxygen atoms in total. The van der Waals surface area contributed by atoms with Crippen LogP contribution < -0.4 is 4.90 Å². The van der Waals surface area contributed by atoms with Crippen molar-refractivity contribution < 1.29 is 5.11 Å². The Kier molecular flexibility index (Phi) is 4.55. The second kappa shape index (κ2) is 6.91. The van der Waals surface area contributed by atoms with Gasteiger partial charge < -0.3 is 10.0 Å². The SMILES string of the molecule is Cc1ccc(-c2nc(C3=C(O)CN(c4ccc(C)cc4C)C3=N)sc2C)cc1. The molecular weight excluding hydrogens is 366 g/mol. The smallest absolute Gasteiger partial charge is 0.139 e. The molecule has 0 saturated heterocycles. The van der Waals surface area contributed by atoms with Crippen LogP contribution in [0.5, 0.6) is 0 Å². The summed E-state index contributed by atoms with van der Waals surface area (Å²) in [4.78, 5) is 7.72. The van der Waals surface area contributed by atoms with Crippen molar-refractivity contribution in [2.75, 3.05) is 11.4 Å². The van der Waals surface area contributed by atoms with Gasteiger partial charge in [-0.25, -0.2) is 4.98 Å². The molecule has 0 aliphatic carbocycles. The monoisotopic (exact) mass is 389 g/mol. The fourth-order valence-corrected chi connectivity index (χ4v) is 4.60. The van der Waals surface area contributed by atoms with Gasteiger partial charge in [0.25, 0.3) is 0 Å².